The number of hydrogen-bond donors (Lipinski definition) is 2. The maximum atomic E-state index is 12.3. The first kappa shape index (κ1) is 14.1. The first-order valence-corrected chi connectivity index (χ1v) is 7.34. The molecule has 0 bridgehead atoms. The van der Waals surface area contributed by atoms with Gasteiger partial charge >= 0.3 is 0 Å². The lowest BCUT2D eigenvalue weighted by atomic mass is 10.2. The molecule has 9 heteroatoms. The summed E-state index contributed by atoms with van der Waals surface area (Å²) in [6.07, 6.45) is 4.27. The van der Waals surface area contributed by atoms with Gasteiger partial charge in [-0.3, -0.25) is 5.43 Å². The van der Waals surface area contributed by atoms with Crippen LogP contribution in [0.1, 0.15) is 12.8 Å². The lowest BCUT2D eigenvalue weighted by Gasteiger charge is -2.20. The molecule has 8 nitrogen and oxygen atoms in total. The second kappa shape index (κ2) is 5.78. The van der Waals surface area contributed by atoms with Crippen LogP contribution in [0.2, 0.25) is 0 Å². The summed E-state index contributed by atoms with van der Waals surface area (Å²) in [5.74, 6) is 5.29. The van der Waals surface area contributed by atoms with Crippen LogP contribution < -0.4 is 11.3 Å². The lowest BCUT2D eigenvalue weighted by molar-refractivity contribution is 0.0979. The Labute approximate surface area is 112 Å². The summed E-state index contributed by atoms with van der Waals surface area (Å²) < 4.78 is 31.2. The molecule has 2 rings (SSSR count). The third-order valence-electron chi connectivity index (χ3n) is 2.95. The Hall–Kier alpha value is -1.29. The van der Waals surface area contributed by atoms with Gasteiger partial charge in [-0.2, -0.15) is 4.31 Å². The van der Waals surface area contributed by atoms with Gasteiger partial charge in [0.2, 0.25) is 16.0 Å². The summed E-state index contributed by atoms with van der Waals surface area (Å²) in [4.78, 5) is 7.62. The zero-order chi connectivity index (χ0) is 13.9. The van der Waals surface area contributed by atoms with Gasteiger partial charge in [0.1, 0.15) is 4.90 Å². The Morgan fingerprint density at radius 2 is 2.21 bits per heavy atom. The van der Waals surface area contributed by atoms with Crippen LogP contribution in [0.25, 0.3) is 0 Å². The van der Waals surface area contributed by atoms with Gasteiger partial charge in [-0.25, -0.2) is 24.2 Å². The maximum Gasteiger partial charge on any atom is 0.245 e. The third kappa shape index (κ3) is 3.18. The molecule has 1 aromatic heterocycles. The van der Waals surface area contributed by atoms with E-state index in [0.717, 1.165) is 12.8 Å². The highest BCUT2D eigenvalue weighted by Crippen LogP contribution is 2.18. The Morgan fingerprint density at radius 3 is 2.74 bits per heavy atom. The number of likely N-dealkylation sites (N-methyl/N-ethyl adjacent to an activating group) is 1. The van der Waals surface area contributed by atoms with Crippen molar-refractivity contribution in [1.82, 2.24) is 14.3 Å². The number of aromatic nitrogens is 2. The van der Waals surface area contributed by atoms with Crippen molar-refractivity contribution in [3.8, 4) is 0 Å². The highest BCUT2D eigenvalue weighted by Gasteiger charge is 2.26. The molecule has 1 saturated heterocycles. The molecule has 1 aromatic rings. The normalized spacial score (nSPS) is 19.8. The maximum absolute atomic E-state index is 12.3. The van der Waals surface area contributed by atoms with E-state index in [-0.39, 0.29) is 16.9 Å². The fourth-order valence-electron chi connectivity index (χ4n) is 1.88. The van der Waals surface area contributed by atoms with Crippen molar-refractivity contribution >= 4 is 16.0 Å². The van der Waals surface area contributed by atoms with Gasteiger partial charge in [0.15, 0.2) is 0 Å². The Morgan fingerprint density at radius 1 is 1.53 bits per heavy atom. The fourth-order valence-corrected chi connectivity index (χ4v) is 2.97. The van der Waals surface area contributed by atoms with E-state index in [9.17, 15) is 8.42 Å². The second-order valence-corrected chi connectivity index (χ2v) is 6.35. The number of sulfonamides is 1. The topological polar surface area (TPSA) is 110 Å². The van der Waals surface area contributed by atoms with E-state index in [0.29, 0.717) is 13.2 Å². The summed E-state index contributed by atoms with van der Waals surface area (Å²) in [6, 6.07) is 0. The minimum absolute atomic E-state index is 0.0343. The lowest BCUT2D eigenvalue weighted by Crippen LogP contribution is -2.34. The standard InChI is InChI=1S/C10H17N5O3S/c1-15(7-8-3-2-4-18-8)19(16,17)9-5-12-10(14-11)13-6-9/h5-6,8H,2-4,7,11H2,1H3,(H,12,13,14). The second-order valence-electron chi connectivity index (χ2n) is 4.31. The molecule has 1 atom stereocenters. The van der Waals surface area contributed by atoms with Crippen LogP contribution in [0.15, 0.2) is 17.3 Å². The number of rotatable bonds is 5. The van der Waals surface area contributed by atoms with E-state index < -0.39 is 10.0 Å². The number of ether oxygens (including phenoxy) is 1. The van der Waals surface area contributed by atoms with Gasteiger partial charge in [-0.05, 0) is 12.8 Å². The number of nitrogens with zero attached hydrogens (tertiary/aromatic N) is 3. The fraction of sp³-hybridized carbons (Fsp3) is 0.600. The molecule has 1 aliphatic rings. The zero-order valence-electron chi connectivity index (χ0n) is 10.6. The van der Waals surface area contributed by atoms with Crippen molar-refractivity contribution in [2.75, 3.05) is 25.6 Å². The van der Waals surface area contributed by atoms with Crippen LogP contribution >= 0.6 is 0 Å². The number of anilines is 1. The van der Waals surface area contributed by atoms with Gasteiger partial charge in [-0.1, -0.05) is 0 Å². The quantitative estimate of drug-likeness (QED) is 0.558. The molecule has 1 fully saturated rings. The van der Waals surface area contributed by atoms with Crippen molar-refractivity contribution in [1.29, 1.82) is 0 Å². The number of hydrazine groups is 1. The van der Waals surface area contributed by atoms with E-state index in [1.165, 1.54) is 23.7 Å². The Kier molecular flexibility index (Phi) is 4.30. The van der Waals surface area contributed by atoms with Gasteiger partial charge in [0.25, 0.3) is 0 Å². The largest absolute Gasteiger partial charge is 0.377 e. The molecule has 0 saturated carbocycles. The van der Waals surface area contributed by atoms with Gasteiger partial charge < -0.3 is 4.74 Å². The smallest absolute Gasteiger partial charge is 0.245 e. The molecule has 2 heterocycles. The van der Waals surface area contributed by atoms with Crippen molar-refractivity contribution in [3.05, 3.63) is 12.4 Å². The average molecular weight is 287 g/mol. The molecule has 1 unspecified atom stereocenters. The monoisotopic (exact) mass is 287 g/mol. The number of nitrogen functional groups attached to an aromatic ring is 1. The SMILES string of the molecule is CN(CC1CCCO1)S(=O)(=O)c1cnc(NN)nc1. The van der Waals surface area contributed by atoms with Crippen LogP contribution in [-0.2, 0) is 14.8 Å². The summed E-state index contributed by atoms with van der Waals surface area (Å²) >= 11 is 0. The first-order valence-electron chi connectivity index (χ1n) is 5.90. The molecule has 0 aliphatic carbocycles. The van der Waals surface area contributed by atoms with Gasteiger partial charge in [-0.15, -0.1) is 0 Å². The van der Waals surface area contributed by atoms with Gasteiger partial charge in [0.05, 0.1) is 18.5 Å². The van der Waals surface area contributed by atoms with Gasteiger partial charge in [0, 0.05) is 20.2 Å². The Balaban J connectivity index is 2.10. The molecule has 19 heavy (non-hydrogen) atoms. The van der Waals surface area contributed by atoms with E-state index >= 15 is 0 Å². The predicted octanol–water partition coefficient (Wildman–Crippen LogP) is -0.438. The number of hydrogen-bond acceptors (Lipinski definition) is 7. The molecule has 0 aromatic carbocycles. The van der Waals surface area contributed by atoms with Crippen molar-refractivity contribution in [2.24, 2.45) is 5.84 Å². The van der Waals surface area contributed by atoms with E-state index in [1.54, 1.807) is 0 Å². The van der Waals surface area contributed by atoms with E-state index in [2.05, 4.69) is 15.4 Å². The molecule has 3 N–H and O–H groups in total. The number of nitrogens with one attached hydrogen (secondary N) is 1. The van der Waals surface area contributed by atoms with Crippen molar-refractivity contribution < 1.29 is 13.2 Å². The van der Waals surface area contributed by atoms with E-state index in [1.807, 2.05) is 0 Å². The summed E-state index contributed by atoms with van der Waals surface area (Å²) in [7, 11) is -2.07. The van der Waals surface area contributed by atoms with Crippen molar-refractivity contribution in [2.45, 2.75) is 23.8 Å². The molecule has 0 radical (unpaired) electrons. The summed E-state index contributed by atoms with van der Waals surface area (Å²) in [6.45, 7) is 1.03. The molecular weight excluding hydrogens is 270 g/mol. The molecule has 0 spiro atoms. The van der Waals surface area contributed by atoms with Crippen LogP contribution in [0.5, 0.6) is 0 Å². The molecule has 0 amide bonds. The predicted molar refractivity (Wildman–Crippen MR) is 68.6 cm³/mol. The Bertz CT molecular complexity index is 512. The highest BCUT2D eigenvalue weighted by atomic mass is 32.2. The molecule has 1 aliphatic heterocycles. The van der Waals surface area contributed by atoms with Crippen LogP contribution in [0.4, 0.5) is 5.95 Å². The zero-order valence-corrected chi connectivity index (χ0v) is 11.4. The highest BCUT2D eigenvalue weighted by molar-refractivity contribution is 7.89. The summed E-state index contributed by atoms with van der Waals surface area (Å²) in [5, 5.41) is 0. The first-order chi connectivity index (χ1) is 9.04. The van der Waals surface area contributed by atoms with Crippen LogP contribution in [-0.4, -0.2) is 49.0 Å². The van der Waals surface area contributed by atoms with Crippen LogP contribution in [0, 0.1) is 0 Å². The minimum Gasteiger partial charge on any atom is -0.377 e. The minimum atomic E-state index is -3.59. The average Bonchev–Trinajstić information content (AvgIpc) is 2.91. The number of nitrogens with two attached hydrogens (primary N) is 1. The third-order valence-corrected chi connectivity index (χ3v) is 4.73. The summed E-state index contributed by atoms with van der Waals surface area (Å²) in [5.41, 5.74) is 2.24. The van der Waals surface area contributed by atoms with Crippen molar-refractivity contribution in [3.63, 3.8) is 0 Å². The molecule has 106 valence electrons. The van der Waals surface area contributed by atoms with E-state index in [4.69, 9.17) is 10.6 Å². The van der Waals surface area contributed by atoms with Crippen LogP contribution in [0.3, 0.4) is 0 Å². The molecular formula is C10H17N5O3S.